The minimum Gasteiger partial charge on any atom is -0.340 e. The molecule has 0 saturated carbocycles. The molecule has 4 rings (SSSR count). The lowest BCUT2D eigenvalue weighted by molar-refractivity contribution is 0.331. The Balaban J connectivity index is 1.52. The molecule has 1 fully saturated rings. The maximum atomic E-state index is 4.68. The summed E-state index contributed by atoms with van der Waals surface area (Å²) in [5.41, 5.74) is 3.48. The quantitative estimate of drug-likeness (QED) is 0.765. The van der Waals surface area contributed by atoms with Crippen LogP contribution in [0.3, 0.4) is 0 Å². The van der Waals surface area contributed by atoms with Gasteiger partial charge < -0.3 is 5.32 Å². The van der Waals surface area contributed by atoms with E-state index in [1.165, 1.54) is 36.9 Å². The van der Waals surface area contributed by atoms with Crippen molar-refractivity contribution in [2.24, 2.45) is 0 Å². The van der Waals surface area contributed by atoms with Crippen molar-refractivity contribution in [2.75, 3.05) is 18.4 Å². The summed E-state index contributed by atoms with van der Waals surface area (Å²) in [6, 6.07) is 21.0. The van der Waals surface area contributed by atoms with E-state index in [9.17, 15) is 0 Å². The summed E-state index contributed by atoms with van der Waals surface area (Å²) < 4.78 is 0. The zero-order valence-corrected chi connectivity index (χ0v) is 13.2. The zero-order chi connectivity index (χ0) is 15.5. The van der Waals surface area contributed by atoms with Crippen LogP contribution in [0.25, 0.3) is 10.9 Å². The van der Waals surface area contributed by atoms with Crippen LogP contribution in [0.2, 0.25) is 0 Å². The van der Waals surface area contributed by atoms with Crippen LogP contribution in [0.15, 0.2) is 60.7 Å². The summed E-state index contributed by atoms with van der Waals surface area (Å²) >= 11 is 0. The van der Waals surface area contributed by atoms with Gasteiger partial charge in [0.2, 0.25) is 0 Å². The summed E-state index contributed by atoms with van der Waals surface area (Å²) in [5, 5.41) is 4.60. The van der Waals surface area contributed by atoms with Gasteiger partial charge in [0.1, 0.15) is 5.82 Å². The molecule has 3 nitrogen and oxygen atoms in total. The van der Waals surface area contributed by atoms with Crippen LogP contribution >= 0.6 is 0 Å². The molecular formula is C20H21N3. The fourth-order valence-corrected chi connectivity index (χ4v) is 3.23. The molecule has 0 spiro atoms. The highest BCUT2D eigenvalue weighted by Crippen LogP contribution is 2.21. The van der Waals surface area contributed by atoms with E-state index in [0.717, 1.165) is 23.6 Å². The summed E-state index contributed by atoms with van der Waals surface area (Å²) in [5.74, 6) is 0.891. The lowest BCUT2D eigenvalue weighted by Gasteiger charge is -2.15. The fraction of sp³-hybridized carbons (Fsp3) is 0.250. The Bertz CT molecular complexity index is 807. The van der Waals surface area contributed by atoms with E-state index in [-0.39, 0.29) is 0 Å². The predicted octanol–water partition coefficient (Wildman–Crippen LogP) is 4.57. The molecule has 0 unspecified atom stereocenters. The van der Waals surface area contributed by atoms with Crippen molar-refractivity contribution < 1.29 is 0 Å². The third-order valence-corrected chi connectivity index (χ3v) is 4.40. The van der Waals surface area contributed by atoms with Gasteiger partial charge in [0, 0.05) is 17.6 Å². The van der Waals surface area contributed by atoms with E-state index in [4.69, 9.17) is 0 Å². The molecule has 3 aromatic rings. The number of hydrogen-bond acceptors (Lipinski definition) is 3. The van der Waals surface area contributed by atoms with Gasteiger partial charge in [0.25, 0.3) is 0 Å². The van der Waals surface area contributed by atoms with Crippen LogP contribution in [0.1, 0.15) is 18.4 Å². The Morgan fingerprint density at radius 3 is 2.70 bits per heavy atom. The lowest BCUT2D eigenvalue weighted by atomic mass is 10.2. The number of benzene rings is 2. The highest BCUT2D eigenvalue weighted by Gasteiger charge is 2.11. The van der Waals surface area contributed by atoms with Crippen molar-refractivity contribution in [2.45, 2.75) is 19.4 Å². The Hall–Kier alpha value is -2.39. The Kier molecular flexibility index (Phi) is 3.95. The number of nitrogens with zero attached hydrogens (tertiary/aromatic N) is 2. The van der Waals surface area contributed by atoms with Gasteiger partial charge in [0.05, 0.1) is 5.52 Å². The number of anilines is 2. The highest BCUT2D eigenvalue weighted by atomic mass is 15.1. The molecule has 0 bridgehead atoms. The minimum absolute atomic E-state index is 0.891. The van der Waals surface area contributed by atoms with E-state index in [1.807, 2.05) is 24.3 Å². The Morgan fingerprint density at radius 2 is 1.78 bits per heavy atom. The summed E-state index contributed by atoms with van der Waals surface area (Å²) in [7, 11) is 0. The van der Waals surface area contributed by atoms with Gasteiger partial charge in [-0.2, -0.15) is 0 Å². The summed E-state index contributed by atoms with van der Waals surface area (Å²) in [6.45, 7) is 3.49. The first-order valence-electron chi connectivity index (χ1n) is 8.31. The maximum Gasteiger partial charge on any atom is 0.131 e. The maximum absolute atomic E-state index is 4.68. The number of para-hydroxylation sites is 1. The third-order valence-electron chi connectivity index (χ3n) is 4.40. The first kappa shape index (κ1) is 14.2. The predicted molar refractivity (Wildman–Crippen MR) is 96.0 cm³/mol. The number of rotatable bonds is 4. The number of aromatic nitrogens is 1. The van der Waals surface area contributed by atoms with Gasteiger partial charge >= 0.3 is 0 Å². The fourth-order valence-electron chi connectivity index (χ4n) is 3.23. The van der Waals surface area contributed by atoms with E-state index in [0.29, 0.717) is 0 Å². The van der Waals surface area contributed by atoms with Gasteiger partial charge in [-0.1, -0.05) is 30.3 Å². The third kappa shape index (κ3) is 3.35. The lowest BCUT2D eigenvalue weighted by Crippen LogP contribution is -2.18. The van der Waals surface area contributed by atoms with Crippen molar-refractivity contribution >= 4 is 22.4 Å². The second-order valence-corrected chi connectivity index (χ2v) is 6.20. The second-order valence-electron chi connectivity index (χ2n) is 6.20. The van der Waals surface area contributed by atoms with Crippen LogP contribution < -0.4 is 5.32 Å². The van der Waals surface area contributed by atoms with E-state index in [2.05, 4.69) is 51.6 Å². The second kappa shape index (κ2) is 6.39. The van der Waals surface area contributed by atoms with Crippen LogP contribution in [-0.4, -0.2) is 23.0 Å². The Labute approximate surface area is 137 Å². The van der Waals surface area contributed by atoms with Crippen molar-refractivity contribution in [3.63, 3.8) is 0 Å². The average Bonchev–Trinajstić information content (AvgIpc) is 3.08. The first-order valence-corrected chi connectivity index (χ1v) is 8.31. The smallest absolute Gasteiger partial charge is 0.131 e. The number of hydrogen-bond donors (Lipinski definition) is 1. The SMILES string of the molecule is c1cc(CN2CCCC2)cc(Nc2ccc3ccccc3n2)c1. The molecule has 2 heterocycles. The van der Waals surface area contributed by atoms with Crippen molar-refractivity contribution in [3.05, 3.63) is 66.2 Å². The summed E-state index contributed by atoms with van der Waals surface area (Å²) in [6.07, 6.45) is 2.66. The molecule has 1 saturated heterocycles. The van der Waals surface area contributed by atoms with E-state index in [1.54, 1.807) is 0 Å². The molecule has 23 heavy (non-hydrogen) atoms. The molecule has 116 valence electrons. The zero-order valence-electron chi connectivity index (χ0n) is 13.2. The van der Waals surface area contributed by atoms with Gasteiger partial charge in [-0.15, -0.1) is 0 Å². The number of fused-ring (bicyclic) bond motifs is 1. The van der Waals surface area contributed by atoms with Gasteiger partial charge in [-0.3, -0.25) is 4.90 Å². The normalized spacial score (nSPS) is 15.1. The van der Waals surface area contributed by atoms with Gasteiger partial charge in [0.15, 0.2) is 0 Å². The molecule has 0 atom stereocenters. The van der Waals surface area contributed by atoms with Crippen molar-refractivity contribution in [3.8, 4) is 0 Å². The van der Waals surface area contributed by atoms with E-state index < -0.39 is 0 Å². The highest BCUT2D eigenvalue weighted by molar-refractivity contribution is 5.80. The molecule has 0 radical (unpaired) electrons. The molecule has 1 aromatic heterocycles. The molecule has 0 aliphatic carbocycles. The van der Waals surface area contributed by atoms with Crippen molar-refractivity contribution in [1.82, 2.24) is 9.88 Å². The monoisotopic (exact) mass is 303 g/mol. The Morgan fingerprint density at radius 1 is 0.913 bits per heavy atom. The van der Waals surface area contributed by atoms with Crippen LogP contribution in [0.5, 0.6) is 0 Å². The molecule has 3 heteroatoms. The van der Waals surface area contributed by atoms with Crippen LogP contribution in [0.4, 0.5) is 11.5 Å². The van der Waals surface area contributed by atoms with Gasteiger partial charge in [-0.25, -0.2) is 4.98 Å². The molecular weight excluding hydrogens is 282 g/mol. The average molecular weight is 303 g/mol. The summed E-state index contributed by atoms with van der Waals surface area (Å²) in [4.78, 5) is 7.20. The molecule has 1 aliphatic heterocycles. The minimum atomic E-state index is 0.891. The first-order chi connectivity index (χ1) is 11.4. The van der Waals surface area contributed by atoms with Crippen LogP contribution in [0, 0.1) is 0 Å². The van der Waals surface area contributed by atoms with Gasteiger partial charge in [-0.05, 0) is 61.8 Å². The number of pyridine rings is 1. The molecule has 1 aliphatic rings. The van der Waals surface area contributed by atoms with Crippen LogP contribution in [-0.2, 0) is 6.54 Å². The largest absolute Gasteiger partial charge is 0.340 e. The topological polar surface area (TPSA) is 28.2 Å². The van der Waals surface area contributed by atoms with E-state index >= 15 is 0 Å². The molecule has 2 aromatic carbocycles. The molecule has 1 N–H and O–H groups in total. The number of nitrogens with one attached hydrogen (secondary N) is 1. The molecule has 0 amide bonds. The number of likely N-dealkylation sites (tertiary alicyclic amines) is 1. The van der Waals surface area contributed by atoms with Crippen molar-refractivity contribution in [1.29, 1.82) is 0 Å². The standard InChI is InChI=1S/C20H21N3/c1-2-9-19-17(7-1)10-11-20(22-19)21-18-8-5-6-16(14-18)15-23-12-3-4-13-23/h1-2,5-11,14H,3-4,12-13,15H2,(H,21,22).